The monoisotopic (exact) mass is 491 g/mol. The van der Waals surface area contributed by atoms with Crippen molar-refractivity contribution in [3.05, 3.63) is 42.2 Å². The Hall–Kier alpha value is -4.27. The zero-order valence-electron chi connectivity index (χ0n) is 19.5. The van der Waals surface area contributed by atoms with Crippen LogP contribution in [0.1, 0.15) is 55.4 Å². The van der Waals surface area contributed by atoms with Gasteiger partial charge in [-0.2, -0.15) is 9.65 Å². The van der Waals surface area contributed by atoms with E-state index in [1.165, 1.54) is 23.0 Å². The lowest BCUT2D eigenvalue weighted by molar-refractivity contribution is -0.121. The minimum Gasteiger partial charge on any atom is -0.379 e. The Morgan fingerprint density at radius 2 is 1.78 bits per heavy atom. The van der Waals surface area contributed by atoms with Gasteiger partial charge in [0.1, 0.15) is 12.2 Å². The van der Waals surface area contributed by atoms with Crippen LogP contribution in [0.3, 0.4) is 0 Å². The van der Waals surface area contributed by atoms with Crippen molar-refractivity contribution < 1.29 is 14.0 Å². The molecule has 11 nitrogen and oxygen atoms in total. The molecule has 2 amide bonds. The first-order valence-corrected chi connectivity index (χ1v) is 12.0. The lowest BCUT2D eigenvalue weighted by Crippen LogP contribution is -2.40. The summed E-state index contributed by atoms with van der Waals surface area (Å²) >= 11 is 0. The normalized spacial score (nSPS) is 19.3. The van der Waals surface area contributed by atoms with Crippen LogP contribution in [0.4, 0.5) is 21.6 Å². The van der Waals surface area contributed by atoms with Gasteiger partial charge >= 0.3 is 0 Å². The first-order valence-electron chi connectivity index (χ1n) is 12.0. The molecule has 3 aromatic rings. The van der Waals surface area contributed by atoms with E-state index in [9.17, 15) is 14.0 Å². The fraction of sp³-hybridized carbons (Fsp3) is 0.417. The van der Waals surface area contributed by atoms with E-state index >= 15 is 0 Å². The highest BCUT2D eigenvalue weighted by atomic mass is 19.1. The smallest absolute Gasteiger partial charge is 0.276 e. The predicted molar refractivity (Wildman–Crippen MR) is 130 cm³/mol. The van der Waals surface area contributed by atoms with Crippen molar-refractivity contribution in [3.8, 4) is 6.07 Å². The Morgan fingerprint density at radius 1 is 1.06 bits per heavy atom. The van der Waals surface area contributed by atoms with Gasteiger partial charge in [0.25, 0.3) is 5.91 Å². The second-order valence-electron chi connectivity index (χ2n) is 9.16. The number of amides is 2. The number of pyridine rings is 1. The molecule has 5 rings (SSSR count). The van der Waals surface area contributed by atoms with Gasteiger partial charge in [0.05, 0.1) is 18.0 Å². The Bertz CT molecular complexity index is 1320. The van der Waals surface area contributed by atoms with Crippen LogP contribution in [0.2, 0.25) is 0 Å². The fourth-order valence-corrected chi connectivity index (χ4v) is 4.36. The average Bonchev–Trinajstić information content (AvgIpc) is 3.55. The van der Waals surface area contributed by atoms with Gasteiger partial charge in [0.2, 0.25) is 11.9 Å². The summed E-state index contributed by atoms with van der Waals surface area (Å²) in [7, 11) is 0. The highest BCUT2D eigenvalue weighted by Gasteiger charge is 2.26. The van der Waals surface area contributed by atoms with Gasteiger partial charge in [0.15, 0.2) is 11.3 Å². The molecule has 0 radical (unpaired) electrons. The molecule has 186 valence electrons. The molecule has 2 saturated carbocycles. The molecule has 3 heterocycles. The van der Waals surface area contributed by atoms with Gasteiger partial charge in [-0.15, -0.1) is 5.10 Å². The molecule has 0 aliphatic heterocycles. The summed E-state index contributed by atoms with van der Waals surface area (Å²) in [5.41, 5.74) is 1.81. The number of imidazole rings is 1. The fourth-order valence-electron chi connectivity index (χ4n) is 4.36. The molecule has 0 bridgehead atoms. The Labute approximate surface area is 206 Å². The van der Waals surface area contributed by atoms with Gasteiger partial charge in [-0.05, 0) is 44.6 Å². The molecular weight excluding hydrogens is 465 g/mol. The number of carbonyl (C=O) groups is 2. The highest BCUT2D eigenvalue weighted by molar-refractivity contribution is 6.03. The third-order valence-electron chi connectivity index (χ3n) is 6.31. The van der Waals surface area contributed by atoms with Gasteiger partial charge in [-0.25, -0.2) is 14.5 Å². The molecule has 0 aromatic carbocycles. The molecule has 0 spiro atoms. The topological polar surface area (TPSA) is 149 Å². The number of carbonyl (C=O) groups excluding carboxylic acids is 2. The van der Waals surface area contributed by atoms with E-state index in [2.05, 4.69) is 36.3 Å². The summed E-state index contributed by atoms with van der Waals surface area (Å²) in [6, 6.07) is 6.99. The molecule has 2 aliphatic carbocycles. The lowest BCUT2D eigenvalue weighted by atomic mass is 9.91. The number of hydrogen-bond donors (Lipinski definition) is 4. The number of rotatable bonds is 8. The van der Waals surface area contributed by atoms with E-state index in [0.29, 0.717) is 17.5 Å². The number of nitriles is 1. The molecule has 0 unspecified atom stereocenters. The first kappa shape index (κ1) is 23.5. The van der Waals surface area contributed by atoms with Crippen molar-refractivity contribution >= 4 is 34.7 Å². The SMILES string of the molecule is N#CCC(=O)N[C@H]1CC[C@H](Nc2cc(NC3CC3)c3ncc(C(=O)Nc4ccnc(F)c4)n3n2)CC1. The van der Waals surface area contributed by atoms with Crippen molar-refractivity contribution in [2.75, 3.05) is 16.0 Å². The largest absolute Gasteiger partial charge is 0.379 e. The van der Waals surface area contributed by atoms with Crippen molar-refractivity contribution in [2.45, 2.75) is 63.1 Å². The average molecular weight is 492 g/mol. The van der Waals surface area contributed by atoms with Crippen LogP contribution in [0.15, 0.2) is 30.6 Å². The van der Waals surface area contributed by atoms with Crippen LogP contribution in [-0.2, 0) is 4.79 Å². The number of anilines is 3. The quantitative estimate of drug-likeness (QED) is 0.352. The minimum absolute atomic E-state index is 0.0633. The van der Waals surface area contributed by atoms with Gasteiger partial charge in [-0.3, -0.25) is 9.59 Å². The Morgan fingerprint density at radius 3 is 2.50 bits per heavy atom. The number of nitrogens with one attached hydrogen (secondary N) is 4. The van der Waals surface area contributed by atoms with Crippen molar-refractivity contribution in [1.29, 1.82) is 5.26 Å². The van der Waals surface area contributed by atoms with Crippen molar-refractivity contribution in [3.63, 3.8) is 0 Å². The molecular formula is C24H26FN9O2. The summed E-state index contributed by atoms with van der Waals surface area (Å²) in [5, 5.41) is 25.8. The zero-order valence-corrected chi connectivity index (χ0v) is 19.5. The molecule has 4 N–H and O–H groups in total. The van der Waals surface area contributed by atoms with E-state index in [4.69, 9.17) is 5.26 Å². The van der Waals surface area contributed by atoms with Crippen molar-refractivity contribution in [1.82, 2.24) is 24.9 Å². The van der Waals surface area contributed by atoms with Crippen LogP contribution in [0.5, 0.6) is 0 Å². The van der Waals surface area contributed by atoms with E-state index in [1.807, 2.05) is 12.1 Å². The Kier molecular flexibility index (Phi) is 6.62. The number of halogens is 1. The predicted octanol–water partition coefficient (Wildman–Crippen LogP) is 2.84. The summed E-state index contributed by atoms with van der Waals surface area (Å²) in [5.74, 6) is -0.795. The molecule has 2 aliphatic rings. The van der Waals surface area contributed by atoms with Gasteiger partial charge < -0.3 is 21.3 Å². The maximum Gasteiger partial charge on any atom is 0.276 e. The van der Waals surface area contributed by atoms with Crippen LogP contribution in [0.25, 0.3) is 5.65 Å². The minimum atomic E-state index is -0.689. The van der Waals surface area contributed by atoms with Crippen molar-refractivity contribution in [2.24, 2.45) is 0 Å². The zero-order chi connectivity index (χ0) is 25.1. The van der Waals surface area contributed by atoms with E-state index in [-0.39, 0.29) is 35.8 Å². The van der Waals surface area contributed by atoms with Crippen LogP contribution >= 0.6 is 0 Å². The molecule has 36 heavy (non-hydrogen) atoms. The number of hydrogen-bond acceptors (Lipinski definition) is 8. The van der Waals surface area contributed by atoms with E-state index in [1.54, 1.807) is 0 Å². The maximum atomic E-state index is 13.4. The second-order valence-corrected chi connectivity index (χ2v) is 9.16. The number of nitrogens with zero attached hydrogens (tertiary/aromatic N) is 5. The maximum absolute atomic E-state index is 13.4. The second kappa shape index (κ2) is 10.2. The summed E-state index contributed by atoms with van der Waals surface area (Å²) in [4.78, 5) is 32.6. The summed E-state index contributed by atoms with van der Waals surface area (Å²) in [6.45, 7) is 0. The lowest BCUT2D eigenvalue weighted by Gasteiger charge is -2.30. The summed E-state index contributed by atoms with van der Waals surface area (Å²) in [6.07, 6.45) is 7.99. The van der Waals surface area contributed by atoms with E-state index in [0.717, 1.165) is 50.3 Å². The highest BCUT2D eigenvalue weighted by Crippen LogP contribution is 2.30. The first-order chi connectivity index (χ1) is 17.5. The molecule has 2 fully saturated rings. The van der Waals surface area contributed by atoms with Crippen LogP contribution in [0, 0.1) is 17.3 Å². The summed E-state index contributed by atoms with van der Waals surface area (Å²) < 4.78 is 14.9. The van der Waals surface area contributed by atoms with Gasteiger partial charge in [-0.1, -0.05) is 0 Å². The van der Waals surface area contributed by atoms with Crippen LogP contribution < -0.4 is 21.3 Å². The molecule has 12 heteroatoms. The standard InChI is InChI=1S/C24H26FN9O2/c25-20-11-17(8-10-27-20)32-24(36)19-13-28-23-18(29-14-1-2-14)12-21(33-34(19)23)30-15-3-5-16(6-4-15)31-22(35)7-9-26/h8,10-16,29H,1-7H2,(H,30,33)(H,31,35)(H,27,32,36)/t15-,16-. The number of aromatic nitrogens is 4. The van der Waals surface area contributed by atoms with Crippen LogP contribution in [-0.4, -0.2) is 49.5 Å². The van der Waals surface area contributed by atoms with E-state index < -0.39 is 11.9 Å². The molecule has 0 atom stereocenters. The molecule has 0 saturated heterocycles. The third kappa shape index (κ3) is 5.51. The Balaban J connectivity index is 1.33. The number of fused-ring (bicyclic) bond motifs is 1. The van der Waals surface area contributed by atoms with Gasteiger partial charge in [0, 0.05) is 42.1 Å². The molecule has 3 aromatic heterocycles. The third-order valence-corrected chi connectivity index (χ3v) is 6.31.